The molecule has 0 amide bonds. The number of rotatable bonds is 4. The molecule has 1 aliphatic carbocycles. The van der Waals surface area contributed by atoms with Gasteiger partial charge in [-0.05, 0) is 0 Å². The first kappa shape index (κ1) is 23.1. The van der Waals surface area contributed by atoms with Crippen molar-refractivity contribution in [2.24, 2.45) is 5.73 Å². The number of methoxy groups -OCH3 is 1. The van der Waals surface area contributed by atoms with E-state index in [0.717, 1.165) is 0 Å². The van der Waals surface area contributed by atoms with Crippen LogP contribution >= 0.6 is 0 Å². The zero-order valence-electron chi connectivity index (χ0n) is 13.4. The van der Waals surface area contributed by atoms with E-state index in [9.17, 15) is 30.6 Å². The van der Waals surface area contributed by atoms with Gasteiger partial charge in [0, 0.05) is 24.2 Å². The molecule has 11 nitrogen and oxygen atoms in total. The summed E-state index contributed by atoms with van der Waals surface area (Å²) >= 11 is 0. The largest absolute Gasteiger partial charge is 0.394 e. The summed E-state index contributed by atoms with van der Waals surface area (Å²) < 4.78 is 15.5. The minimum absolute atomic E-state index is 0. The van der Waals surface area contributed by atoms with E-state index in [2.05, 4.69) is 0 Å². The molecule has 149 valence electrons. The summed E-state index contributed by atoms with van der Waals surface area (Å²) in [5.41, 5.74) is 5.72. The molecule has 1 heterocycles. The second kappa shape index (κ2) is 9.33. The molecular weight excluding hydrogens is 385 g/mol. The van der Waals surface area contributed by atoms with Crippen molar-refractivity contribution in [2.45, 2.75) is 67.3 Å². The molecule has 1 aliphatic heterocycles. The zero-order valence-corrected chi connectivity index (χ0v) is 14.5. The maximum absolute atomic E-state index is 10.2. The molecule has 0 aromatic rings. The van der Waals surface area contributed by atoms with Gasteiger partial charge in [-0.2, -0.15) is 0 Å². The molecule has 0 spiro atoms. The monoisotopic (exact) mass is 410 g/mol. The SMILES string of the molecule is CO[C@@H]1[C@@H](O)[C@@H](O[C@@H]2O[C@H](CO)[C@H](O)[C@H](O)[C@H]2N)[C@H](O)[C@H](O)[C@H]1O.[Mn]. The molecule has 1 saturated heterocycles. The molecule has 0 unspecified atom stereocenters. The first-order chi connectivity index (χ1) is 11.2. The van der Waals surface area contributed by atoms with Crippen LogP contribution in [0.5, 0.6) is 0 Å². The summed E-state index contributed by atoms with van der Waals surface area (Å²) in [7, 11) is 1.20. The first-order valence-corrected chi connectivity index (χ1v) is 7.53. The van der Waals surface area contributed by atoms with E-state index < -0.39 is 73.9 Å². The molecule has 2 rings (SSSR count). The fourth-order valence-electron chi connectivity index (χ4n) is 3.00. The fourth-order valence-corrected chi connectivity index (χ4v) is 3.00. The molecule has 1 radical (unpaired) electrons. The van der Waals surface area contributed by atoms with Crippen LogP contribution in [-0.4, -0.2) is 117 Å². The van der Waals surface area contributed by atoms with Crippen molar-refractivity contribution in [3.63, 3.8) is 0 Å². The Morgan fingerprint density at radius 1 is 0.840 bits per heavy atom. The van der Waals surface area contributed by atoms with Gasteiger partial charge in [-0.25, -0.2) is 0 Å². The number of aliphatic hydroxyl groups is 7. The van der Waals surface area contributed by atoms with Crippen LogP contribution in [0.15, 0.2) is 0 Å². The Balaban J connectivity index is 0.00000312. The van der Waals surface area contributed by atoms with Crippen LogP contribution in [0, 0.1) is 0 Å². The average molecular weight is 410 g/mol. The predicted octanol–water partition coefficient (Wildman–Crippen LogP) is -5.39. The first-order valence-electron chi connectivity index (χ1n) is 7.53. The summed E-state index contributed by atoms with van der Waals surface area (Å²) in [5, 5.41) is 68.7. The van der Waals surface area contributed by atoms with Gasteiger partial charge in [0.05, 0.1) is 12.6 Å². The molecular formula is C13H25MnNO10. The van der Waals surface area contributed by atoms with Crippen molar-refractivity contribution in [2.75, 3.05) is 13.7 Å². The molecule has 1 saturated carbocycles. The van der Waals surface area contributed by atoms with Gasteiger partial charge in [0.25, 0.3) is 0 Å². The van der Waals surface area contributed by atoms with Gasteiger partial charge >= 0.3 is 0 Å². The summed E-state index contributed by atoms with van der Waals surface area (Å²) in [5.74, 6) is 0. The third kappa shape index (κ3) is 4.33. The Kier molecular flexibility index (Phi) is 8.63. The van der Waals surface area contributed by atoms with Crippen LogP contribution in [0.1, 0.15) is 0 Å². The normalized spacial score (nSPS) is 51.0. The number of ether oxygens (including phenoxy) is 3. The van der Waals surface area contributed by atoms with E-state index in [1.54, 1.807) is 0 Å². The van der Waals surface area contributed by atoms with E-state index in [1.165, 1.54) is 7.11 Å². The Hall–Kier alpha value is 0.0795. The zero-order chi connectivity index (χ0) is 18.2. The van der Waals surface area contributed by atoms with Crippen LogP contribution in [0.3, 0.4) is 0 Å². The second-order valence-electron chi connectivity index (χ2n) is 6.05. The standard InChI is InChI=1S/C13H25NO10.Mn/c1-22-11-8(19)7(18)9(20)12(10(11)21)24-13-4(14)6(17)5(16)3(2-15)23-13;/h3-13,15-21H,2,14H2,1H3;/t3-,4-,5+,6-,7-,8-,9-,10-,11+,12+,13+;/m1./s1. The molecule has 25 heavy (non-hydrogen) atoms. The van der Waals surface area contributed by atoms with Gasteiger partial charge in [-0.1, -0.05) is 0 Å². The van der Waals surface area contributed by atoms with Gasteiger partial charge in [0.1, 0.15) is 54.9 Å². The molecule has 2 aliphatic rings. The minimum Gasteiger partial charge on any atom is -0.394 e. The maximum atomic E-state index is 10.2. The number of hydrogen-bond donors (Lipinski definition) is 8. The van der Waals surface area contributed by atoms with Crippen LogP contribution in [0.4, 0.5) is 0 Å². The van der Waals surface area contributed by atoms with E-state index >= 15 is 0 Å². The van der Waals surface area contributed by atoms with Crippen molar-refractivity contribution in [3.8, 4) is 0 Å². The fraction of sp³-hybridized carbons (Fsp3) is 1.00. The van der Waals surface area contributed by atoms with Crippen molar-refractivity contribution in [3.05, 3.63) is 0 Å². The molecule has 0 aromatic carbocycles. The molecule has 2 fully saturated rings. The van der Waals surface area contributed by atoms with Crippen LogP contribution in [-0.2, 0) is 31.3 Å². The number of aliphatic hydroxyl groups excluding tert-OH is 7. The number of nitrogens with two attached hydrogens (primary N) is 1. The predicted molar refractivity (Wildman–Crippen MR) is 75.4 cm³/mol. The molecule has 9 N–H and O–H groups in total. The maximum Gasteiger partial charge on any atom is 0.176 e. The Morgan fingerprint density at radius 3 is 1.92 bits per heavy atom. The van der Waals surface area contributed by atoms with Crippen molar-refractivity contribution in [1.29, 1.82) is 0 Å². The van der Waals surface area contributed by atoms with Crippen molar-refractivity contribution in [1.82, 2.24) is 0 Å². The topological polar surface area (TPSA) is 195 Å². The van der Waals surface area contributed by atoms with Gasteiger partial charge in [-0.3, -0.25) is 0 Å². The van der Waals surface area contributed by atoms with Crippen LogP contribution < -0.4 is 5.73 Å². The van der Waals surface area contributed by atoms with Gasteiger partial charge in [0.15, 0.2) is 6.29 Å². The van der Waals surface area contributed by atoms with E-state index in [-0.39, 0.29) is 17.1 Å². The molecule has 0 bridgehead atoms. The quantitative estimate of drug-likeness (QED) is 0.206. The van der Waals surface area contributed by atoms with E-state index in [0.29, 0.717) is 0 Å². The third-order valence-electron chi connectivity index (χ3n) is 4.54. The second-order valence-corrected chi connectivity index (χ2v) is 6.05. The van der Waals surface area contributed by atoms with Crippen LogP contribution in [0.25, 0.3) is 0 Å². The Bertz CT molecular complexity index is 418. The smallest absolute Gasteiger partial charge is 0.176 e. The Labute approximate surface area is 154 Å². The number of hydrogen-bond acceptors (Lipinski definition) is 11. The summed E-state index contributed by atoms with van der Waals surface area (Å²) in [6, 6.07) is -1.24. The average Bonchev–Trinajstić information content (AvgIpc) is 2.57. The Morgan fingerprint density at radius 2 is 1.40 bits per heavy atom. The van der Waals surface area contributed by atoms with Gasteiger partial charge in [0.2, 0.25) is 0 Å². The van der Waals surface area contributed by atoms with Crippen LogP contribution in [0.2, 0.25) is 0 Å². The van der Waals surface area contributed by atoms with E-state index in [4.69, 9.17) is 25.1 Å². The van der Waals surface area contributed by atoms with Gasteiger partial charge < -0.3 is 55.7 Å². The third-order valence-corrected chi connectivity index (χ3v) is 4.54. The molecule has 0 aromatic heterocycles. The molecule has 11 atom stereocenters. The van der Waals surface area contributed by atoms with Crippen molar-refractivity contribution >= 4 is 0 Å². The summed E-state index contributed by atoms with van der Waals surface area (Å²) in [6.07, 6.45) is -14.6. The van der Waals surface area contributed by atoms with Crippen molar-refractivity contribution < 1.29 is 67.0 Å². The van der Waals surface area contributed by atoms with Gasteiger partial charge in [-0.15, -0.1) is 0 Å². The summed E-state index contributed by atoms with van der Waals surface area (Å²) in [6.45, 7) is -0.622. The minimum atomic E-state index is -1.69. The van der Waals surface area contributed by atoms with E-state index in [1.807, 2.05) is 0 Å². The molecule has 12 heteroatoms. The summed E-state index contributed by atoms with van der Waals surface area (Å²) in [4.78, 5) is 0.